The number of carbonyl (C=O) groups excluding carboxylic acids is 2. The van der Waals surface area contributed by atoms with Crippen LogP contribution in [0.1, 0.15) is 6.42 Å². The van der Waals surface area contributed by atoms with Crippen LogP contribution in [0.5, 0.6) is 0 Å². The van der Waals surface area contributed by atoms with Crippen LogP contribution >= 0.6 is 11.6 Å². The second-order valence-electron chi connectivity index (χ2n) is 6.32. The zero-order chi connectivity index (χ0) is 18.6. The van der Waals surface area contributed by atoms with Gasteiger partial charge in [0.25, 0.3) is 0 Å². The average Bonchev–Trinajstić information content (AvgIpc) is 2.87. The normalized spacial score (nSPS) is 19.0. The first-order valence-corrected chi connectivity index (χ1v) is 10.1. The lowest BCUT2D eigenvalue weighted by Gasteiger charge is -2.28. The predicted molar refractivity (Wildman–Crippen MR) is 97.4 cm³/mol. The summed E-state index contributed by atoms with van der Waals surface area (Å²) < 4.78 is 23.5. The smallest absolute Gasteiger partial charge is 0.313 e. The van der Waals surface area contributed by atoms with Gasteiger partial charge in [0.15, 0.2) is 9.84 Å². The molecule has 0 spiro atoms. The minimum absolute atomic E-state index is 0.0410. The molecule has 0 radical (unpaired) electrons. The molecule has 1 aromatic rings. The fourth-order valence-electron chi connectivity index (χ4n) is 2.66. The van der Waals surface area contributed by atoms with Crippen molar-refractivity contribution in [2.45, 2.75) is 12.5 Å². The van der Waals surface area contributed by atoms with Crippen molar-refractivity contribution in [3.05, 3.63) is 29.3 Å². The molecule has 0 aliphatic carbocycles. The van der Waals surface area contributed by atoms with E-state index in [2.05, 4.69) is 5.32 Å². The van der Waals surface area contributed by atoms with Gasteiger partial charge in [0.05, 0.1) is 11.5 Å². The van der Waals surface area contributed by atoms with Crippen LogP contribution in [0, 0.1) is 0 Å². The van der Waals surface area contributed by atoms with E-state index in [1.807, 2.05) is 19.0 Å². The molecule has 1 atom stereocenters. The molecule has 1 saturated heterocycles. The second kappa shape index (κ2) is 8.16. The largest absolute Gasteiger partial charge is 0.329 e. The maximum Gasteiger partial charge on any atom is 0.313 e. The van der Waals surface area contributed by atoms with Crippen molar-refractivity contribution in [1.82, 2.24) is 9.80 Å². The van der Waals surface area contributed by atoms with Crippen LogP contribution in [0.2, 0.25) is 5.02 Å². The summed E-state index contributed by atoms with van der Waals surface area (Å²) in [7, 11) is 0.535. The Morgan fingerprint density at radius 3 is 2.56 bits per heavy atom. The monoisotopic (exact) mass is 387 g/mol. The van der Waals surface area contributed by atoms with E-state index in [9.17, 15) is 18.0 Å². The molecule has 9 heteroatoms. The number of carbonyl (C=O) groups is 2. The van der Waals surface area contributed by atoms with Gasteiger partial charge in [0, 0.05) is 29.8 Å². The molecular weight excluding hydrogens is 366 g/mol. The SMILES string of the molecule is CN(C)CCN(C(=O)C(=O)Nc1cccc(Cl)c1)C1CCS(=O)(=O)C1. The summed E-state index contributed by atoms with van der Waals surface area (Å²) in [5, 5.41) is 2.96. The highest BCUT2D eigenvalue weighted by Crippen LogP contribution is 2.19. The van der Waals surface area contributed by atoms with Gasteiger partial charge in [-0.15, -0.1) is 0 Å². The highest BCUT2D eigenvalue weighted by molar-refractivity contribution is 7.91. The Bertz CT molecular complexity index is 752. The summed E-state index contributed by atoms with van der Waals surface area (Å²) in [5.41, 5.74) is 0.414. The number of benzene rings is 1. The minimum atomic E-state index is -3.16. The van der Waals surface area contributed by atoms with Crippen molar-refractivity contribution >= 4 is 38.9 Å². The third-order valence-electron chi connectivity index (χ3n) is 3.97. The van der Waals surface area contributed by atoms with Crippen molar-refractivity contribution in [1.29, 1.82) is 0 Å². The van der Waals surface area contributed by atoms with E-state index in [0.717, 1.165) is 0 Å². The molecule has 138 valence electrons. The van der Waals surface area contributed by atoms with Crippen LogP contribution in [0.15, 0.2) is 24.3 Å². The summed E-state index contributed by atoms with van der Waals surface area (Å²) in [6.07, 6.45) is 0.353. The van der Waals surface area contributed by atoms with E-state index in [4.69, 9.17) is 11.6 Å². The third kappa shape index (κ3) is 5.69. The lowest BCUT2D eigenvalue weighted by Crippen LogP contribution is -2.48. The first-order valence-electron chi connectivity index (χ1n) is 7.90. The fourth-order valence-corrected chi connectivity index (χ4v) is 4.58. The highest BCUT2D eigenvalue weighted by Gasteiger charge is 2.36. The van der Waals surface area contributed by atoms with Gasteiger partial charge in [-0.1, -0.05) is 17.7 Å². The molecule has 0 aromatic heterocycles. The summed E-state index contributed by atoms with van der Waals surface area (Å²) >= 11 is 5.87. The van der Waals surface area contributed by atoms with Gasteiger partial charge in [0.1, 0.15) is 0 Å². The number of nitrogens with one attached hydrogen (secondary N) is 1. The van der Waals surface area contributed by atoms with Crippen molar-refractivity contribution in [2.75, 3.05) is 44.0 Å². The summed E-state index contributed by atoms with van der Waals surface area (Å²) in [4.78, 5) is 28.2. The lowest BCUT2D eigenvalue weighted by atomic mass is 10.2. The fraction of sp³-hybridized carbons (Fsp3) is 0.500. The number of nitrogens with zero attached hydrogens (tertiary/aromatic N) is 2. The van der Waals surface area contributed by atoms with Crippen molar-refractivity contribution < 1.29 is 18.0 Å². The molecule has 1 N–H and O–H groups in total. The van der Waals surface area contributed by atoms with Crippen LogP contribution in [0.4, 0.5) is 5.69 Å². The quantitative estimate of drug-likeness (QED) is 0.757. The molecule has 1 unspecified atom stereocenters. The zero-order valence-electron chi connectivity index (χ0n) is 14.2. The number of hydrogen-bond donors (Lipinski definition) is 1. The number of sulfone groups is 1. The summed E-state index contributed by atoms with van der Waals surface area (Å²) in [6.45, 7) is 0.821. The second-order valence-corrected chi connectivity index (χ2v) is 8.99. The minimum Gasteiger partial charge on any atom is -0.329 e. The van der Waals surface area contributed by atoms with Gasteiger partial charge < -0.3 is 15.1 Å². The van der Waals surface area contributed by atoms with Crippen molar-refractivity contribution in [2.24, 2.45) is 0 Å². The van der Waals surface area contributed by atoms with E-state index < -0.39 is 27.7 Å². The molecule has 0 bridgehead atoms. The Balaban J connectivity index is 2.12. The van der Waals surface area contributed by atoms with Crippen LogP contribution in [-0.2, 0) is 19.4 Å². The molecule has 0 saturated carbocycles. The number of halogens is 1. The average molecular weight is 388 g/mol. The van der Waals surface area contributed by atoms with Crippen LogP contribution < -0.4 is 5.32 Å². The Morgan fingerprint density at radius 1 is 1.28 bits per heavy atom. The van der Waals surface area contributed by atoms with Crippen LogP contribution in [-0.4, -0.2) is 74.8 Å². The standard InChI is InChI=1S/C16H22ClN3O4S/c1-19(2)7-8-20(14-6-9-25(23,24)11-14)16(22)15(21)18-13-5-3-4-12(17)10-13/h3-5,10,14H,6-9,11H2,1-2H3,(H,18,21). The number of amides is 2. The number of likely N-dealkylation sites (N-methyl/N-ethyl adjacent to an activating group) is 1. The zero-order valence-corrected chi connectivity index (χ0v) is 15.8. The highest BCUT2D eigenvalue weighted by atomic mass is 35.5. The maximum absolute atomic E-state index is 12.6. The first-order chi connectivity index (χ1) is 11.7. The molecule has 25 heavy (non-hydrogen) atoms. The van der Waals surface area contributed by atoms with Gasteiger partial charge in [-0.25, -0.2) is 8.42 Å². The van der Waals surface area contributed by atoms with E-state index in [0.29, 0.717) is 23.7 Å². The van der Waals surface area contributed by atoms with E-state index in [-0.39, 0.29) is 18.1 Å². The molecule has 1 fully saturated rings. The van der Waals surface area contributed by atoms with Crippen molar-refractivity contribution in [3.63, 3.8) is 0 Å². The molecule has 1 aliphatic heterocycles. The molecule has 7 nitrogen and oxygen atoms in total. The Hall–Kier alpha value is -1.64. The third-order valence-corrected chi connectivity index (χ3v) is 5.96. The summed E-state index contributed by atoms with van der Waals surface area (Å²) in [5.74, 6) is -1.59. The molecule has 2 rings (SSSR count). The molecule has 1 aliphatic rings. The van der Waals surface area contributed by atoms with E-state index >= 15 is 0 Å². The molecule has 1 aromatic carbocycles. The molecular formula is C16H22ClN3O4S. The first kappa shape index (κ1) is 19.7. The Labute approximate surface area is 152 Å². The summed E-state index contributed by atoms with van der Waals surface area (Å²) in [6, 6.07) is 6.02. The Morgan fingerprint density at radius 2 is 2.00 bits per heavy atom. The van der Waals surface area contributed by atoms with Crippen molar-refractivity contribution in [3.8, 4) is 0 Å². The number of rotatable bonds is 5. The topological polar surface area (TPSA) is 86.8 Å². The van der Waals surface area contributed by atoms with Gasteiger partial charge in [-0.05, 0) is 38.7 Å². The number of hydrogen-bond acceptors (Lipinski definition) is 5. The van der Waals surface area contributed by atoms with Crippen LogP contribution in [0.3, 0.4) is 0 Å². The lowest BCUT2D eigenvalue weighted by molar-refractivity contribution is -0.144. The predicted octanol–water partition coefficient (Wildman–Crippen LogP) is 0.856. The number of anilines is 1. The van der Waals surface area contributed by atoms with E-state index in [1.54, 1.807) is 18.2 Å². The maximum atomic E-state index is 12.6. The van der Waals surface area contributed by atoms with E-state index in [1.165, 1.54) is 11.0 Å². The van der Waals surface area contributed by atoms with Gasteiger partial charge >= 0.3 is 11.8 Å². The molecule has 1 heterocycles. The van der Waals surface area contributed by atoms with Gasteiger partial charge in [-0.2, -0.15) is 0 Å². The molecule has 2 amide bonds. The van der Waals surface area contributed by atoms with Gasteiger partial charge in [0.2, 0.25) is 0 Å². The van der Waals surface area contributed by atoms with Crippen LogP contribution in [0.25, 0.3) is 0 Å². The Kier molecular flexibility index (Phi) is 6.42. The van der Waals surface area contributed by atoms with Gasteiger partial charge in [-0.3, -0.25) is 9.59 Å².